The number of esters is 1. The molecular formula is C25H28N2O7S. The molecule has 0 radical (unpaired) electrons. The number of carbonyl (C=O) groups is 2. The molecule has 10 heteroatoms. The third kappa shape index (κ3) is 6.09. The first-order valence-electron chi connectivity index (χ1n) is 10.8. The molecule has 1 heterocycles. The van der Waals surface area contributed by atoms with Gasteiger partial charge in [0.05, 0.1) is 50.8 Å². The summed E-state index contributed by atoms with van der Waals surface area (Å²) in [7, 11) is 5.92. The minimum atomic E-state index is -0.441. The van der Waals surface area contributed by atoms with Crippen LogP contribution < -0.4 is 19.0 Å². The fraction of sp³-hybridized carbons (Fsp3) is 0.320. The van der Waals surface area contributed by atoms with Crippen LogP contribution in [0.4, 0.5) is 0 Å². The van der Waals surface area contributed by atoms with Gasteiger partial charge in [0, 0.05) is 19.2 Å². The summed E-state index contributed by atoms with van der Waals surface area (Å²) in [6.45, 7) is 3.47. The Bertz CT molecular complexity index is 1280. The van der Waals surface area contributed by atoms with E-state index in [1.165, 1.54) is 45.9 Å². The third-order valence-electron chi connectivity index (χ3n) is 5.08. The number of rotatable bonds is 10. The molecule has 0 aliphatic heterocycles. The Morgan fingerprint density at radius 1 is 1.03 bits per heavy atom. The van der Waals surface area contributed by atoms with E-state index < -0.39 is 11.9 Å². The zero-order valence-corrected chi connectivity index (χ0v) is 21.1. The molecule has 2 aromatic carbocycles. The molecule has 3 aromatic rings. The van der Waals surface area contributed by atoms with Crippen LogP contribution in [0.5, 0.6) is 17.2 Å². The van der Waals surface area contributed by atoms with Crippen molar-refractivity contribution in [1.82, 2.24) is 4.57 Å². The maximum Gasteiger partial charge on any atom is 0.337 e. The lowest BCUT2D eigenvalue weighted by Gasteiger charge is -2.12. The first-order valence-corrected chi connectivity index (χ1v) is 11.6. The first kappa shape index (κ1) is 26.0. The van der Waals surface area contributed by atoms with Gasteiger partial charge < -0.3 is 28.3 Å². The number of hydrogen-bond acceptors (Lipinski definition) is 8. The van der Waals surface area contributed by atoms with Gasteiger partial charge in [-0.3, -0.25) is 4.79 Å². The van der Waals surface area contributed by atoms with Gasteiger partial charge in [0.2, 0.25) is 5.75 Å². The third-order valence-corrected chi connectivity index (χ3v) is 6.12. The summed E-state index contributed by atoms with van der Waals surface area (Å²) in [6, 6.07) is 8.72. The highest BCUT2D eigenvalue weighted by molar-refractivity contribution is 7.16. The molecular weight excluding hydrogens is 472 g/mol. The fourth-order valence-corrected chi connectivity index (χ4v) is 4.52. The average molecular weight is 501 g/mol. The Morgan fingerprint density at radius 2 is 1.74 bits per heavy atom. The molecule has 1 amide bonds. The summed E-state index contributed by atoms with van der Waals surface area (Å²) in [5.74, 6) is 0.564. The Morgan fingerprint density at radius 3 is 2.34 bits per heavy atom. The second-order valence-corrected chi connectivity index (χ2v) is 8.16. The number of thiazole rings is 1. The number of nitrogens with zero attached hydrogens (tertiary/aromatic N) is 2. The topological polar surface area (TPSA) is 97.6 Å². The van der Waals surface area contributed by atoms with Gasteiger partial charge in [0.25, 0.3) is 5.91 Å². The van der Waals surface area contributed by atoms with Gasteiger partial charge in [0.15, 0.2) is 16.3 Å². The molecule has 35 heavy (non-hydrogen) atoms. The predicted octanol–water partition coefficient (Wildman–Crippen LogP) is 3.69. The molecule has 0 spiro atoms. The summed E-state index contributed by atoms with van der Waals surface area (Å²) >= 11 is 1.31. The van der Waals surface area contributed by atoms with E-state index in [9.17, 15) is 9.59 Å². The number of methoxy groups -OCH3 is 4. The second-order valence-electron chi connectivity index (χ2n) is 7.15. The molecule has 0 unspecified atom stereocenters. The van der Waals surface area contributed by atoms with E-state index in [1.54, 1.807) is 30.3 Å². The Balaban J connectivity index is 1.98. The molecule has 186 valence electrons. The van der Waals surface area contributed by atoms with Gasteiger partial charge in [-0.05, 0) is 48.9 Å². The van der Waals surface area contributed by atoms with Crippen LogP contribution in [-0.4, -0.2) is 58.1 Å². The maximum absolute atomic E-state index is 12.7. The van der Waals surface area contributed by atoms with Crippen molar-refractivity contribution in [3.05, 3.63) is 52.3 Å². The summed E-state index contributed by atoms with van der Waals surface area (Å²) < 4.78 is 29.1. The Hall–Kier alpha value is -3.63. The van der Waals surface area contributed by atoms with Crippen molar-refractivity contribution in [2.75, 3.05) is 41.7 Å². The van der Waals surface area contributed by atoms with E-state index in [1.807, 2.05) is 17.6 Å². The van der Waals surface area contributed by atoms with E-state index in [2.05, 4.69) is 4.99 Å². The van der Waals surface area contributed by atoms with Crippen LogP contribution in [0.3, 0.4) is 0 Å². The van der Waals surface area contributed by atoms with Gasteiger partial charge in [-0.15, -0.1) is 0 Å². The van der Waals surface area contributed by atoms with Gasteiger partial charge in [-0.2, -0.15) is 4.99 Å². The van der Waals surface area contributed by atoms with Crippen LogP contribution in [0.1, 0.15) is 22.8 Å². The van der Waals surface area contributed by atoms with Crippen molar-refractivity contribution in [2.24, 2.45) is 4.99 Å². The quantitative estimate of drug-likeness (QED) is 0.238. The van der Waals surface area contributed by atoms with Crippen molar-refractivity contribution in [1.29, 1.82) is 0 Å². The smallest absolute Gasteiger partial charge is 0.337 e. The summed E-state index contributed by atoms with van der Waals surface area (Å²) in [5.41, 5.74) is 1.97. The van der Waals surface area contributed by atoms with Gasteiger partial charge in [0.1, 0.15) is 0 Å². The molecule has 0 aliphatic carbocycles. The van der Waals surface area contributed by atoms with Crippen molar-refractivity contribution >= 4 is 39.5 Å². The van der Waals surface area contributed by atoms with E-state index >= 15 is 0 Å². The number of aromatic nitrogens is 1. The minimum Gasteiger partial charge on any atom is -0.493 e. The molecule has 0 fully saturated rings. The van der Waals surface area contributed by atoms with Crippen LogP contribution in [0.15, 0.2) is 41.4 Å². The number of carbonyl (C=O) groups excluding carboxylic acids is 2. The Kier molecular flexibility index (Phi) is 9.04. The van der Waals surface area contributed by atoms with Crippen LogP contribution in [0.2, 0.25) is 0 Å². The number of amides is 1. The fourth-order valence-electron chi connectivity index (χ4n) is 3.42. The summed E-state index contributed by atoms with van der Waals surface area (Å²) in [6.07, 6.45) is 3.00. The van der Waals surface area contributed by atoms with Gasteiger partial charge in [-0.25, -0.2) is 4.79 Å². The molecule has 1 aromatic heterocycles. The van der Waals surface area contributed by atoms with E-state index in [-0.39, 0.29) is 0 Å². The lowest BCUT2D eigenvalue weighted by Crippen LogP contribution is -2.19. The number of fused-ring (bicyclic) bond motifs is 1. The minimum absolute atomic E-state index is 0.427. The van der Waals surface area contributed by atoms with Gasteiger partial charge >= 0.3 is 5.97 Å². The average Bonchev–Trinajstić information content (AvgIpc) is 3.22. The van der Waals surface area contributed by atoms with Gasteiger partial charge in [-0.1, -0.05) is 11.3 Å². The monoisotopic (exact) mass is 500 g/mol. The van der Waals surface area contributed by atoms with E-state index in [4.69, 9.17) is 23.7 Å². The number of ether oxygens (including phenoxy) is 5. The summed E-state index contributed by atoms with van der Waals surface area (Å²) in [4.78, 5) is 29.5. The normalized spacial score (nSPS) is 11.7. The van der Waals surface area contributed by atoms with Crippen molar-refractivity contribution in [2.45, 2.75) is 13.5 Å². The zero-order chi connectivity index (χ0) is 25.4. The Labute approximate surface area is 207 Å². The highest BCUT2D eigenvalue weighted by atomic mass is 32.1. The second kappa shape index (κ2) is 12.2. The van der Waals surface area contributed by atoms with Crippen molar-refractivity contribution < 1.29 is 33.3 Å². The number of hydrogen-bond donors (Lipinski definition) is 0. The highest BCUT2D eigenvalue weighted by Gasteiger charge is 2.13. The van der Waals surface area contributed by atoms with Crippen LogP contribution >= 0.6 is 11.3 Å². The van der Waals surface area contributed by atoms with Crippen LogP contribution in [-0.2, 0) is 20.8 Å². The number of benzene rings is 2. The SMILES string of the molecule is CCOCCn1c(=NC(=O)/C=C\c2cc(OC)c(OC)c(OC)c2)sc2cc(C(=O)OC)ccc21. The molecule has 0 saturated carbocycles. The molecule has 0 saturated heterocycles. The van der Waals surface area contributed by atoms with E-state index in [0.717, 1.165) is 10.2 Å². The largest absolute Gasteiger partial charge is 0.493 e. The lowest BCUT2D eigenvalue weighted by atomic mass is 10.1. The zero-order valence-electron chi connectivity index (χ0n) is 20.3. The van der Waals surface area contributed by atoms with Crippen LogP contribution in [0, 0.1) is 0 Å². The molecule has 0 aliphatic rings. The highest BCUT2D eigenvalue weighted by Crippen LogP contribution is 2.38. The molecule has 0 atom stereocenters. The van der Waals surface area contributed by atoms with Crippen molar-refractivity contribution in [3.63, 3.8) is 0 Å². The standard InChI is InChI=1S/C25H28N2O7S/c1-6-34-12-11-27-18-9-8-17(24(29)33-5)15-21(18)35-25(27)26-22(28)10-7-16-13-19(30-2)23(32-4)20(14-16)31-3/h7-10,13-15H,6,11-12H2,1-5H3/b10-7-,26-25?. The van der Waals surface area contributed by atoms with Crippen molar-refractivity contribution in [3.8, 4) is 17.2 Å². The predicted molar refractivity (Wildman–Crippen MR) is 133 cm³/mol. The molecule has 0 bridgehead atoms. The van der Waals surface area contributed by atoms with Crippen LogP contribution in [0.25, 0.3) is 16.3 Å². The lowest BCUT2D eigenvalue weighted by molar-refractivity contribution is -0.113. The summed E-state index contributed by atoms with van der Waals surface area (Å²) in [5, 5.41) is 0. The maximum atomic E-state index is 12.7. The first-order chi connectivity index (χ1) is 16.9. The molecule has 9 nitrogen and oxygen atoms in total. The molecule has 0 N–H and O–H groups in total. The molecule has 3 rings (SSSR count). The van der Waals surface area contributed by atoms with E-state index in [0.29, 0.717) is 52.9 Å².